The van der Waals surface area contributed by atoms with Gasteiger partial charge in [-0.2, -0.15) is 0 Å². The van der Waals surface area contributed by atoms with Crippen LogP contribution in [0.25, 0.3) is 0 Å². The molecule has 0 aromatic rings. The first kappa shape index (κ1) is 16.2. The molecule has 0 bridgehead atoms. The van der Waals surface area contributed by atoms with E-state index in [1.54, 1.807) is 13.8 Å². The highest BCUT2D eigenvalue weighted by atomic mass is 27.1. The summed E-state index contributed by atoms with van der Waals surface area (Å²) in [5.74, 6) is -1.56. The molecule has 0 aromatic heterocycles. The van der Waals surface area contributed by atoms with Gasteiger partial charge < -0.3 is 8.63 Å². The number of hydrogen-bond donors (Lipinski definition) is 0. The number of carbonyl (C=O) groups is 3. The molecule has 0 N–H and O–H groups in total. The smallest absolute Gasteiger partial charge is 0.426 e. The fraction of sp³-hybridized carbons (Fsp3) is 0.750. The molecule has 1 heterocycles. The lowest BCUT2D eigenvalue weighted by molar-refractivity contribution is -0.199. The zero-order valence-electron chi connectivity index (χ0n) is 11.8. The molecule has 2 amide bonds. The normalized spacial score (nSPS) is 16.2. The van der Waals surface area contributed by atoms with E-state index in [0.717, 1.165) is 0 Å². The van der Waals surface area contributed by atoms with E-state index in [4.69, 9.17) is 8.63 Å². The van der Waals surface area contributed by atoms with Gasteiger partial charge in [0, 0.05) is 18.4 Å². The summed E-state index contributed by atoms with van der Waals surface area (Å²) in [7, 11) is 0. The average molecular weight is 284 g/mol. The SMILES string of the molecule is C[CH](C)[Al][O]C(C)(C)CC(=O)ON1C(=O)CCC1=O. The molecule has 7 heteroatoms. The van der Waals surface area contributed by atoms with Crippen molar-refractivity contribution in [2.24, 2.45) is 0 Å². The first-order valence-electron chi connectivity index (χ1n) is 6.29. The van der Waals surface area contributed by atoms with Crippen LogP contribution in [-0.4, -0.2) is 44.0 Å². The van der Waals surface area contributed by atoms with E-state index in [2.05, 4.69) is 0 Å². The third-order valence-electron chi connectivity index (χ3n) is 2.43. The summed E-state index contributed by atoms with van der Waals surface area (Å²) in [6, 6.07) is 0. The van der Waals surface area contributed by atoms with Gasteiger partial charge in [-0.05, 0) is 13.8 Å². The van der Waals surface area contributed by atoms with Crippen molar-refractivity contribution in [3.05, 3.63) is 0 Å². The molecule has 105 valence electrons. The highest BCUT2D eigenvalue weighted by Crippen LogP contribution is 2.19. The van der Waals surface area contributed by atoms with Crippen molar-refractivity contribution in [3.63, 3.8) is 0 Å². The van der Waals surface area contributed by atoms with Crippen LogP contribution in [0, 0.1) is 0 Å². The van der Waals surface area contributed by atoms with Gasteiger partial charge in [-0.25, -0.2) is 4.79 Å². The van der Waals surface area contributed by atoms with Crippen LogP contribution in [0.3, 0.4) is 0 Å². The van der Waals surface area contributed by atoms with Gasteiger partial charge in [0.2, 0.25) is 0 Å². The molecular weight excluding hydrogens is 265 g/mol. The molecular formula is C12H19AlNO5. The van der Waals surface area contributed by atoms with Gasteiger partial charge in [0.15, 0.2) is 0 Å². The zero-order valence-corrected chi connectivity index (χ0v) is 12.9. The van der Waals surface area contributed by atoms with Gasteiger partial charge >= 0.3 is 21.5 Å². The van der Waals surface area contributed by atoms with Crippen molar-refractivity contribution in [2.45, 2.75) is 57.3 Å². The molecule has 1 aliphatic heterocycles. The Labute approximate surface area is 119 Å². The first-order chi connectivity index (χ1) is 8.71. The van der Waals surface area contributed by atoms with E-state index in [1.807, 2.05) is 13.8 Å². The fourth-order valence-electron chi connectivity index (χ4n) is 1.50. The molecule has 6 nitrogen and oxygen atoms in total. The summed E-state index contributed by atoms with van der Waals surface area (Å²) >= 11 is -0.210. The van der Waals surface area contributed by atoms with E-state index in [-0.39, 0.29) is 34.8 Å². The summed E-state index contributed by atoms with van der Waals surface area (Å²) < 4.78 is 6.12. The lowest BCUT2D eigenvalue weighted by Crippen LogP contribution is -2.36. The summed E-state index contributed by atoms with van der Waals surface area (Å²) in [5.41, 5.74) is -0.650. The van der Waals surface area contributed by atoms with Crippen LogP contribution in [0.1, 0.15) is 47.0 Å². The molecule has 0 aliphatic carbocycles. The third kappa shape index (κ3) is 5.31. The number of hydrogen-bond acceptors (Lipinski definition) is 5. The Bertz CT molecular complexity index is 364. The maximum Gasteiger partial charge on any atom is 0.426 e. The second-order valence-corrected chi connectivity index (χ2v) is 7.32. The Kier molecular flexibility index (Phi) is 5.53. The maximum atomic E-state index is 11.7. The van der Waals surface area contributed by atoms with Gasteiger partial charge in [-0.15, -0.1) is 5.06 Å². The Balaban J connectivity index is 2.46. The Morgan fingerprint density at radius 3 is 2.32 bits per heavy atom. The maximum absolute atomic E-state index is 11.7. The van der Waals surface area contributed by atoms with E-state index in [1.165, 1.54) is 0 Å². The Hall–Kier alpha value is -0.898. The summed E-state index contributed by atoms with van der Waals surface area (Å²) in [6.07, 6.45) is 0.205. The summed E-state index contributed by atoms with van der Waals surface area (Å²) in [4.78, 5) is 39.1. The van der Waals surface area contributed by atoms with Crippen LogP contribution in [-0.2, 0) is 23.0 Å². The van der Waals surface area contributed by atoms with E-state index in [0.29, 0.717) is 9.84 Å². The molecule has 1 fully saturated rings. The van der Waals surface area contributed by atoms with Crippen molar-refractivity contribution in [1.82, 2.24) is 5.06 Å². The van der Waals surface area contributed by atoms with E-state index >= 15 is 0 Å². The van der Waals surface area contributed by atoms with Crippen LogP contribution in [0.2, 0.25) is 4.78 Å². The van der Waals surface area contributed by atoms with Crippen molar-refractivity contribution in [3.8, 4) is 0 Å². The van der Waals surface area contributed by atoms with Crippen LogP contribution >= 0.6 is 0 Å². The van der Waals surface area contributed by atoms with E-state index < -0.39 is 23.4 Å². The molecule has 1 aliphatic rings. The largest absolute Gasteiger partial charge is 0.502 e. The minimum absolute atomic E-state index is 0.00375. The van der Waals surface area contributed by atoms with Gasteiger partial charge in [-0.1, -0.05) is 18.6 Å². The van der Waals surface area contributed by atoms with Crippen LogP contribution in [0.4, 0.5) is 0 Å². The van der Waals surface area contributed by atoms with Gasteiger partial charge in [-0.3, -0.25) is 9.59 Å². The molecule has 1 rings (SSSR count). The highest BCUT2D eigenvalue weighted by molar-refractivity contribution is 6.29. The highest BCUT2D eigenvalue weighted by Gasteiger charge is 2.34. The number of imide groups is 1. The van der Waals surface area contributed by atoms with Crippen LogP contribution in [0.15, 0.2) is 0 Å². The Morgan fingerprint density at radius 1 is 1.32 bits per heavy atom. The summed E-state index contributed by atoms with van der Waals surface area (Å²) in [5, 5.41) is 0.563. The standard InChI is InChI=1S/C9H12NO5.C3H7.Al/c1-9(2,14)5-8(13)15-10-6(11)3-4-7(10)12;1-3-2;/h3-5H2,1-2H3;3H,1-2H3;/q-1;;+1. The van der Waals surface area contributed by atoms with Gasteiger partial charge in [0.25, 0.3) is 11.8 Å². The number of nitrogens with zero attached hydrogens (tertiary/aromatic N) is 1. The number of carbonyl (C=O) groups excluding carboxylic acids is 3. The first-order valence-corrected chi connectivity index (χ1v) is 7.43. The quantitative estimate of drug-likeness (QED) is 0.542. The summed E-state index contributed by atoms with van der Waals surface area (Å²) in [6.45, 7) is 7.67. The van der Waals surface area contributed by atoms with Crippen LogP contribution in [0.5, 0.6) is 0 Å². The van der Waals surface area contributed by atoms with E-state index in [9.17, 15) is 14.4 Å². The number of rotatable bonds is 6. The fourth-order valence-corrected chi connectivity index (χ4v) is 2.23. The molecule has 1 saturated heterocycles. The molecule has 0 aromatic carbocycles. The number of amides is 2. The topological polar surface area (TPSA) is 72.9 Å². The van der Waals surface area contributed by atoms with Crippen molar-refractivity contribution < 1.29 is 23.0 Å². The second kappa shape index (κ2) is 6.51. The van der Waals surface area contributed by atoms with Crippen molar-refractivity contribution in [2.75, 3.05) is 0 Å². The van der Waals surface area contributed by atoms with Crippen molar-refractivity contribution in [1.29, 1.82) is 0 Å². The minimum Gasteiger partial charge on any atom is -0.502 e. The lowest BCUT2D eigenvalue weighted by Gasteiger charge is -2.27. The molecule has 1 radical (unpaired) electrons. The molecule has 0 spiro atoms. The predicted octanol–water partition coefficient (Wildman–Crippen LogP) is 1.23. The van der Waals surface area contributed by atoms with Gasteiger partial charge in [0.1, 0.15) is 0 Å². The van der Waals surface area contributed by atoms with Crippen molar-refractivity contribution >= 4 is 33.3 Å². The third-order valence-corrected chi connectivity index (χ3v) is 3.75. The molecule has 19 heavy (non-hydrogen) atoms. The molecule has 0 unspecified atom stereocenters. The Morgan fingerprint density at radius 2 is 1.84 bits per heavy atom. The zero-order chi connectivity index (χ0) is 14.6. The average Bonchev–Trinajstić information content (AvgIpc) is 2.57. The minimum atomic E-state index is -0.650. The van der Waals surface area contributed by atoms with Crippen LogP contribution < -0.4 is 0 Å². The molecule has 0 atom stereocenters. The predicted molar refractivity (Wildman–Crippen MR) is 67.8 cm³/mol. The monoisotopic (exact) mass is 284 g/mol. The lowest BCUT2D eigenvalue weighted by atomic mass is 10.1. The second-order valence-electron chi connectivity index (χ2n) is 5.48. The molecule has 0 saturated carbocycles. The number of hydroxylamine groups is 2. The van der Waals surface area contributed by atoms with Gasteiger partial charge in [0.05, 0.1) is 6.42 Å².